The van der Waals surface area contributed by atoms with Gasteiger partial charge in [0.25, 0.3) is 11.8 Å². The number of hydrogen-bond acceptors (Lipinski definition) is 14. The van der Waals surface area contributed by atoms with Crippen molar-refractivity contribution in [3.8, 4) is 17.2 Å². The summed E-state index contributed by atoms with van der Waals surface area (Å²) in [5.74, 6) is 1.28. The molecule has 323 valence electrons. The van der Waals surface area contributed by atoms with Crippen LogP contribution in [-0.4, -0.2) is 106 Å². The number of ether oxygens (including phenoxy) is 4. The van der Waals surface area contributed by atoms with E-state index in [1.165, 1.54) is 6.47 Å². The van der Waals surface area contributed by atoms with E-state index in [9.17, 15) is 19.5 Å². The Hall–Kier alpha value is -4.49. The van der Waals surface area contributed by atoms with Crippen LogP contribution in [0.5, 0.6) is 17.2 Å². The van der Waals surface area contributed by atoms with Gasteiger partial charge in [0, 0.05) is 86.7 Å². The first-order chi connectivity index (χ1) is 28.6. The number of carbonyl (C=O) groups excluding carboxylic acids is 3. The third kappa shape index (κ3) is 13.3. The number of nitrogens with zero attached hydrogens (tertiary/aromatic N) is 6. The monoisotopic (exact) mass is 949 g/mol. The molecule has 0 bridgehead atoms. The maximum absolute atomic E-state index is 13.2. The van der Waals surface area contributed by atoms with Crippen molar-refractivity contribution in [2.45, 2.75) is 82.0 Å². The van der Waals surface area contributed by atoms with E-state index < -0.39 is 11.2 Å². The Kier molecular flexibility index (Phi) is 18.2. The maximum Gasteiger partial charge on any atom is 0.260 e. The Morgan fingerprint density at radius 1 is 0.984 bits per heavy atom. The molecule has 1 aromatic heterocycles. The SMILES string of the molecule is CC(C)(CO[C-]=O)SSc1ccccn1.COc1cc2c(cc1OCCCOc1cc3c(cc1C)C(=O)N1C=C(C)C[C@H]1C(O)[N-]3)N=C[C@@H]1CC(C)=CN1C2=O.C[N+](=O)[O-].[Y]. The van der Waals surface area contributed by atoms with Crippen LogP contribution in [0.4, 0.5) is 11.4 Å². The molecule has 16 nitrogen and oxygen atoms in total. The number of benzene rings is 2. The third-order valence-corrected chi connectivity index (χ3v) is 12.5. The summed E-state index contributed by atoms with van der Waals surface area (Å²) in [5, 5.41) is 24.9. The number of fused-ring (bicyclic) bond motifs is 4. The molecule has 2 aromatic carbocycles. The summed E-state index contributed by atoms with van der Waals surface area (Å²) >= 11 is 0. The number of aliphatic imine (C=N–C) groups is 1. The van der Waals surface area contributed by atoms with Gasteiger partial charge in [-0.15, -0.1) is 5.69 Å². The molecule has 0 aliphatic carbocycles. The molecule has 0 fully saturated rings. The van der Waals surface area contributed by atoms with Crippen LogP contribution >= 0.6 is 21.6 Å². The van der Waals surface area contributed by atoms with E-state index in [-0.39, 0.29) is 61.4 Å². The standard InChI is InChI=1S/C31H34N4O6.C10H12NO2S2.CH3NO2.Y/c1-17-8-20-14-32-23-12-28(27(39-4)11-22(23)30(37)34(20)15-17)41-7-5-6-40-26-13-24-21(10-19(26)3)31(38)35-16-18(2)9-25(35)29(36)33-24;1-10(2,7-13-8-12)15-14-9-5-3-4-6-11-9;1-2(3)4;/h10-16,20,25,29,36H,5-9H2,1-4H3,(H,33,38);3-6H,7H2,1-2H3;1H3;/q;-1;;/p-1/t20-,25-,29?;;;/m0.../s1. The van der Waals surface area contributed by atoms with E-state index >= 15 is 0 Å². The van der Waals surface area contributed by atoms with Crippen LogP contribution in [0.3, 0.4) is 0 Å². The number of rotatable bonds is 13. The number of hydrogen-bond donors (Lipinski definition) is 1. The van der Waals surface area contributed by atoms with Gasteiger partial charge >= 0.3 is 0 Å². The first-order valence-electron chi connectivity index (χ1n) is 19.0. The van der Waals surface area contributed by atoms with Crippen LogP contribution in [0, 0.1) is 17.0 Å². The molecule has 3 aromatic rings. The molecule has 19 heteroatoms. The van der Waals surface area contributed by atoms with Crippen LogP contribution < -0.4 is 14.2 Å². The zero-order valence-corrected chi connectivity index (χ0v) is 39.5. The fourth-order valence-electron chi connectivity index (χ4n) is 6.51. The van der Waals surface area contributed by atoms with Gasteiger partial charge in [0.15, 0.2) is 18.5 Å². The first-order valence-corrected chi connectivity index (χ1v) is 21.1. The largest absolute Gasteiger partial charge is 0.658 e. The van der Waals surface area contributed by atoms with Crippen molar-refractivity contribution in [2.75, 3.05) is 34.0 Å². The summed E-state index contributed by atoms with van der Waals surface area (Å²) in [7, 11) is 5.63. The number of nitro groups is 1. The average Bonchev–Trinajstić information content (AvgIpc) is 3.75. The quantitative estimate of drug-likeness (QED) is 0.0575. The zero-order chi connectivity index (χ0) is 43.6. The number of aromatic nitrogens is 1. The predicted octanol–water partition coefficient (Wildman–Crippen LogP) is 7.72. The first kappa shape index (κ1) is 49.2. The Balaban J connectivity index is 0.000000343. The number of aryl methyl sites for hydroxylation is 1. The van der Waals surface area contributed by atoms with Crippen LogP contribution in [0.15, 0.2) is 82.2 Å². The van der Waals surface area contributed by atoms with Crippen molar-refractivity contribution >= 4 is 57.5 Å². The van der Waals surface area contributed by atoms with E-state index in [1.807, 2.05) is 65.2 Å². The number of aliphatic hydroxyl groups excluding tert-OH is 1. The third-order valence-electron chi connectivity index (χ3n) is 9.27. The summed E-state index contributed by atoms with van der Waals surface area (Å²) in [6.45, 7) is 12.3. The fraction of sp³-hybridized carbons (Fsp3) is 0.405. The maximum atomic E-state index is 13.2. The molecule has 1 unspecified atom stereocenters. The molecule has 5 heterocycles. The van der Waals surface area contributed by atoms with Gasteiger partial charge in [-0.05, 0) is 94.1 Å². The van der Waals surface area contributed by atoms with Gasteiger partial charge in [-0.25, -0.2) is 4.98 Å². The number of aliphatic hydroxyl groups is 1. The number of carbonyl (C=O) groups is 2. The minimum Gasteiger partial charge on any atom is -0.658 e. The van der Waals surface area contributed by atoms with Crippen molar-refractivity contribution in [1.29, 1.82) is 0 Å². The Labute approximate surface area is 388 Å². The van der Waals surface area contributed by atoms with E-state index in [4.69, 9.17) is 24.3 Å². The molecule has 4 aliphatic rings. The fourth-order valence-corrected chi connectivity index (χ4v) is 8.54. The molecule has 0 saturated heterocycles. The summed E-state index contributed by atoms with van der Waals surface area (Å²) in [5.41, 5.74) is 4.89. The number of pyridine rings is 1. The van der Waals surface area contributed by atoms with Crippen LogP contribution in [-0.2, 0) is 42.2 Å². The molecule has 3 atom stereocenters. The van der Waals surface area contributed by atoms with Gasteiger partial charge in [-0.3, -0.25) is 24.7 Å². The molecule has 0 saturated carbocycles. The molecule has 7 rings (SSSR count). The molecule has 1 radical (unpaired) electrons. The van der Waals surface area contributed by atoms with Crippen molar-refractivity contribution < 1.29 is 76.1 Å². The number of methoxy groups -OCH3 is 1. The Morgan fingerprint density at radius 3 is 2.33 bits per heavy atom. The van der Waals surface area contributed by atoms with Crippen LogP contribution in [0.25, 0.3) is 5.32 Å². The average molecular weight is 950 g/mol. The molecular formula is C42H48N6O10S2Y-2. The second-order valence-corrected chi connectivity index (χ2v) is 17.7. The van der Waals surface area contributed by atoms with E-state index in [0.29, 0.717) is 72.4 Å². The minimum atomic E-state index is -1.01. The molecule has 0 spiro atoms. The topological polar surface area (TPSA) is 197 Å². The minimum absolute atomic E-state index is 0. The zero-order valence-electron chi connectivity index (χ0n) is 35.0. The van der Waals surface area contributed by atoms with Gasteiger partial charge in [0.1, 0.15) is 10.8 Å². The second-order valence-electron chi connectivity index (χ2n) is 14.9. The van der Waals surface area contributed by atoms with Crippen LogP contribution in [0.1, 0.15) is 73.2 Å². The van der Waals surface area contributed by atoms with Crippen LogP contribution in [0.2, 0.25) is 0 Å². The molecule has 4 aliphatic heterocycles. The summed E-state index contributed by atoms with van der Waals surface area (Å²) in [6.07, 6.45) is 8.17. The van der Waals surface area contributed by atoms with Gasteiger partial charge in [-0.2, -0.15) is 0 Å². The molecule has 1 N–H and O–H groups in total. The van der Waals surface area contributed by atoms with Crippen molar-refractivity contribution in [2.24, 2.45) is 4.99 Å². The van der Waals surface area contributed by atoms with Crippen molar-refractivity contribution in [1.82, 2.24) is 14.8 Å². The summed E-state index contributed by atoms with van der Waals surface area (Å²) in [4.78, 5) is 56.6. The Bertz CT molecular complexity index is 2150. The number of amides is 2. The van der Waals surface area contributed by atoms with E-state index in [2.05, 4.69) is 20.0 Å². The molecular weight excluding hydrogens is 902 g/mol. The molecule has 2 amide bonds. The van der Waals surface area contributed by atoms with Gasteiger partial charge in [-0.1, -0.05) is 34.5 Å². The van der Waals surface area contributed by atoms with Gasteiger partial charge in [0.2, 0.25) is 0 Å². The van der Waals surface area contributed by atoms with Crippen molar-refractivity contribution in [3.63, 3.8) is 0 Å². The smallest absolute Gasteiger partial charge is 0.260 e. The van der Waals surface area contributed by atoms with Crippen molar-refractivity contribution in [3.05, 3.63) is 104 Å². The normalized spacial score (nSPS) is 18.3. The molecule has 61 heavy (non-hydrogen) atoms. The van der Waals surface area contributed by atoms with E-state index in [1.54, 1.807) is 75.2 Å². The van der Waals surface area contributed by atoms with E-state index in [0.717, 1.165) is 35.2 Å². The van der Waals surface area contributed by atoms with Gasteiger partial charge in [0.05, 0.1) is 55.0 Å². The van der Waals surface area contributed by atoms with Gasteiger partial charge < -0.3 is 44.0 Å². The second kappa shape index (κ2) is 22.6. The predicted molar refractivity (Wildman–Crippen MR) is 230 cm³/mol. The summed E-state index contributed by atoms with van der Waals surface area (Å²) in [6, 6.07) is 12.2. The summed E-state index contributed by atoms with van der Waals surface area (Å²) < 4.78 is 22.1. The Morgan fingerprint density at radius 2 is 1.66 bits per heavy atom.